The van der Waals surface area contributed by atoms with Gasteiger partial charge in [-0.1, -0.05) is 25.8 Å². The minimum Gasteiger partial charge on any atom is -0.337 e. The highest BCUT2D eigenvalue weighted by Crippen LogP contribution is 2.29. The van der Waals surface area contributed by atoms with Crippen LogP contribution in [0.3, 0.4) is 0 Å². The zero-order valence-electron chi connectivity index (χ0n) is 14.3. The molecule has 1 saturated carbocycles. The quantitative estimate of drug-likeness (QED) is 0.853. The zero-order valence-corrected chi connectivity index (χ0v) is 15.1. The van der Waals surface area contributed by atoms with Crippen LogP contribution in [0.2, 0.25) is 0 Å². The van der Waals surface area contributed by atoms with Gasteiger partial charge in [0.1, 0.15) is 0 Å². The highest BCUT2D eigenvalue weighted by molar-refractivity contribution is 7.90. The Morgan fingerprint density at radius 1 is 1.29 bits per heavy atom. The number of amides is 1. The Labute approximate surface area is 142 Å². The lowest BCUT2D eigenvalue weighted by Crippen LogP contribution is -2.42. The van der Waals surface area contributed by atoms with E-state index in [0.29, 0.717) is 11.4 Å². The number of imidazole rings is 1. The van der Waals surface area contributed by atoms with Gasteiger partial charge in [-0.3, -0.25) is 9.20 Å². The molecule has 7 heteroatoms. The number of carbonyl (C=O) groups is 1. The maximum atomic E-state index is 13.0. The Morgan fingerprint density at radius 2 is 2.00 bits per heavy atom. The van der Waals surface area contributed by atoms with Gasteiger partial charge in [0, 0.05) is 25.5 Å². The standard InChI is InChI=1S/C17H23N3O3S/c1-12-8-4-5-9-13(12)19(2)16(21)15-14-10-6-7-11-20(14)17(18-15)24(3,22)23/h6-7,10-13H,4-5,8-9H2,1-3H3/t12-,13-/m0/s1. The first-order valence-electron chi connectivity index (χ1n) is 8.25. The molecular formula is C17H23N3O3S. The number of fused-ring (bicyclic) bond motifs is 1. The van der Waals surface area contributed by atoms with Gasteiger partial charge in [0.15, 0.2) is 5.69 Å². The van der Waals surface area contributed by atoms with E-state index in [2.05, 4.69) is 11.9 Å². The van der Waals surface area contributed by atoms with Crippen molar-refractivity contribution in [1.29, 1.82) is 0 Å². The summed E-state index contributed by atoms with van der Waals surface area (Å²) in [4.78, 5) is 18.9. The molecule has 1 aliphatic rings. The Bertz CT molecular complexity index is 872. The van der Waals surface area contributed by atoms with E-state index in [9.17, 15) is 13.2 Å². The topological polar surface area (TPSA) is 71.8 Å². The number of aromatic nitrogens is 2. The van der Waals surface area contributed by atoms with E-state index >= 15 is 0 Å². The van der Waals surface area contributed by atoms with Crippen LogP contribution in [0, 0.1) is 5.92 Å². The van der Waals surface area contributed by atoms with Gasteiger partial charge < -0.3 is 4.90 Å². The van der Waals surface area contributed by atoms with Gasteiger partial charge in [-0.2, -0.15) is 0 Å². The van der Waals surface area contributed by atoms with Crippen LogP contribution in [0.1, 0.15) is 43.1 Å². The molecule has 0 aromatic carbocycles. The fourth-order valence-corrected chi connectivity index (χ4v) is 4.39. The number of carbonyl (C=O) groups excluding carboxylic acids is 1. The molecule has 2 aromatic rings. The molecule has 6 nitrogen and oxygen atoms in total. The van der Waals surface area contributed by atoms with Gasteiger partial charge >= 0.3 is 0 Å². The molecule has 2 atom stereocenters. The normalized spacial score (nSPS) is 21.8. The Kier molecular flexibility index (Phi) is 4.38. The molecule has 0 spiro atoms. The van der Waals surface area contributed by atoms with Crippen molar-refractivity contribution < 1.29 is 13.2 Å². The number of sulfone groups is 1. The third-order valence-electron chi connectivity index (χ3n) is 4.93. The highest BCUT2D eigenvalue weighted by Gasteiger charge is 2.31. The molecule has 0 aliphatic heterocycles. The van der Waals surface area contributed by atoms with Crippen molar-refractivity contribution in [3.05, 3.63) is 30.1 Å². The summed E-state index contributed by atoms with van der Waals surface area (Å²) in [5, 5.41) is -0.0912. The molecule has 0 radical (unpaired) electrons. The minimum absolute atomic E-state index is 0.0912. The van der Waals surface area contributed by atoms with Crippen molar-refractivity contribution in [2.45, 2.75) is 43.8 Å². The molecule has 24 heavy (non-hydrogen) atoms. The molecule has 2 heterocycles. The number of nitrogens with zero attached hydrogens (tertiary/aromatic N) is 3. The van der Waals surface area contributed by atoms with Gasteiger partial charge in [-0.25, -0.2) is 13.4 Å². The van der Waals surface area contributed by atoms with E-state index in [1.54, 1.807) is 36.3 Å². The zero-order chi connectivity index (χ0) is 17.5. The average Bonchev–Trinajstić information content (AvgIpc) is 2.94. The van der Waals surface area contributed by atoms with Crippen LogP contribution < -0.4 is 0 Å². The predicted molar refractivity (Wildman–Crippen MR) is 91.8 cm³/mol. The van der Waals surface area contributed by atoms with Crippen LogP contribution in [0.25, 0.3) is 5.52 Å². The number of hydrogen-bond acceptors (Lipinski definition) is 4. The summed E-state index contributed by atoms with van der Waals surface area (Å²) in [6, 6.07) is 5.41. The smallest absolute Gasteiger partial charge is 0.274 e. The number of pyridine rings is 1. The van der Waals surface area contributed by atoms with Crippen LogP contribution in [0.4, 0.5) is 0 Å². The van der Waals surface area contributed by atoms with E-state index in [0.717, 1.165) is 25.5 Å². The maximum absolute atomic E-state index is 13.0. The fourth-order valence-electron chi connectivity index (χ4n) is 3.62. The van der Waals surface area contributed by atoms with Crippen molar-refractivity contribution in [2.75, 3.05) is 13.3 Å². The van der Waals surface area contributed by atoms with E-state index in [1.807, 2.05) is 0 Å². The molecule has 0 saturated heterocycles. The summed E-state index contributed by atoms with van der Waals surface area (Å²) in [6.07, 6.45) is 7.14. The molecule has 1 fully saturated rings. The third-order valence-corrected chi connectivity index (χ3v) is 5.89. The summed E-state index contributed by atoms with van der Waals surface area (Å²) >= 11 is 0. The van der Waals surface area contributed by atoms with Crippen molar-refractivity contribution in [2.24, 2.45) is 5.92 Å². The summed E-state index contributed by atoms with van der Waals surface area (Å²) in [7, 11) is -1.73. The lowest BCUT2D eigenvalue weighted by Gasteiger charge is -2.36. The van der Waals surface area contributed by atoms with Crippen molar-refractivity contribution in [3.63, 3.8) is 0 Å². The lowest BCUT2D eigenvalue weighted by molar-refractivity contribution is 0.0625. The molecule has 0 unspecified atom stereocenters. The second-order valence-electron chi connectivity index (χ2n) is 6.72. The second-order valence-corrected chi connectivity index (χ2v) is 8.63. The van der Waals surface area contributed by atoms with E-state index in [-0.39, 0.29) is 22.8 Å². The summed E-state index contributed by atoms with van der Waals surface area (Å²) in [5.41, 5.74) is 0.731. The first kappa shape index (κ1) is 17.0. The number of hydrogen-bond donors (Lipinski definition) is 0. The molecule has 3 rings (SSSR count). The highest BCUT2D eigenvalue weighted by atomic mass is 32.2. The van der Waals surface area contributed by atoms with Crippen LogP contribution in [0.5, 0.6) is 0 Å². The molecule has 0 N–H and O–H groups in total. The van der Waals surface area contributed by atoms with Crippen LogP contribution in [-0.2, 0) is 9.84 Å². The third kappa shape index (κ3) is 2.92. The van der Waals surface area contributed by atoms with Crippen LogP contribution in [-0.4, -0.2) is 48.0 Å². The lowest BCUT2D eigenvalue weighted by atomic mass is 9.85. The van der Waals surface area contributed by atoms with E-state index in [1.165, 1.54) is 10.8 Å². The second kappa shape index (κ2) is 6.20. The Hall–Kier alpha value is -1.89. The molecule has 1 amide bonds. The minimum atomic E-state index is -3.52. The Balaban J connectivity index is 2.04. The van der Waals surface area contributed by atoms with Gasteiger partial charge in [0.2, 0.25) is 15.0 Å². The SMILES string of the molecule is C[C@H]1CCCC[C@@H]1N(C)C(=O)c1nc(S(C)(=O)=O)n2ccccc12. The first-order chi connectivity index (χ1) is 11.3. The number of rotatable bonds is 3. The maximum Gasteiger partial charge on any atom is 0.274 e. The van der Waals surface area contributed by atoms with Gasteiger partial charge in [0.05, 0.1) is 5.52 Å². The fraction of sp³-hybridized carbons (Fsp3) is 0.529. The van der Waals surface area contributed by atoms with Gasteiger partial charge in [0.25, 0.3) is 5.91 Å². The monoisotopic (exact) mass is 349 g/mol. The summed E-state index contributed by atoms with van der Waals surface area (Å²) < 4.78 is 25.5. The van der Waals surface area contributed by atoms with E-state index in [4.69, 9.17) is 0 Å². The van der Waals surface area contributed by atoms with Gasteiger partial charge in [-0.15, -0.1) is 0 Å². The van der Waals surface area contributed by atoms with Crippen molar-refractivity contribution in [3.8, 4) is 0 Å². The summed E-state index contributed by atoms with van der Waals surface area (Å²) in [6.45, 7) is 2.17. The molecule has 2 aromatic heterocycles. The van der Waals surface area contributed by atoms with Crippen LogP contribution in [0.15, 0.2) is 29.6 Å². The average molecular weight is 349 g/mol. The molecule has 1 aliphatic carbocycles. The van der Waals surface area contributed by atoms with Gasteiger partial charge in [-0.05, 0) is 30.9 Å². The van der Waals surface area contributed by atoms with E-state index < -0.39 is 9.84 Å². The van der Waals surface area contributed by atoms with Crippen LogP contribution >= 0.6 is 0 Å². The summed E-state index contributed by atoms with van der Waals surface area (Å²) in [5.74, 6) is 0.225. The van der Waals surface area contributed by atoms with Crippen molar-refractivity contribution >= 4 is 21.3 Å². The van der Waals surface area contributed by atoms with Crippen molar-refractivity contribution in [1.82, 2.24) is 14.3 Å². The predicted octanol–water partition coefficient (Wildman–Crippen LogP) is 2.39. The molecule has 130 valence electrons. The molecular weight excluding hydrogens is 326 g/mol. The molecule has 0 bridgehead atoms. The first-order valence-corrected chi connectivity index (χ1v) is 10.1. The Morgan fingerprint density at radius 3 is 2.67 bits per heavy atom. The largest absolute Gasteiger partial charge is 0.337 e.